The summed E-state index contributed by atoms with van der Waals surface area (Å²) in [5, 5.41) is 5.25. The van der Waals surface area contributed by atoms with Crippen LogP contribution >= 0.6 is 0 Å². The molecule has 5 heteroatoms. The molecule has 0 aliphatic heterocycles. The quantitative estimate of drug-likeness (QED) is 0.465. The van der Waals surface area contributed by atoms with Crippen LogP contribution in [0, 0.1) is 0 Å². The first-order chi connectivity index (χ1) is 11.6. The standard InChI is InChI=1S/C19H18N2O3/c1-2-17(22)20-12-13-21-19(24)16-10-8-15(9-11-16)18(23)14-6-4-3-5-7-14/h2-11H,1,12-13H2,(H,20,22)(H,21,24). The molecule has 2 N–H and O–H groups in total. The molecule has 24 heavy (non-hydrogen) atoms. The molecule has 122 valence electrons. The van der Waals surface area contributed by atoms with Crippen LogP contribution in [0.2, 0.25) is 0 Å². The highest BCUT2D eigenvalue weighted by molar-refractivity contribution is 6.09. The largest absolute Gasteiger partial charge is 0.351 e. The van der Waals surface area contributed by atoms with E-state index in [1.165, 1.54) is 6.08 Å². The van der Waals surface area contributed by atoms with Crippen molar-refractivity contribution in [2.75, 3.05) is 13.1 Å². The van der Waals surface area contributed by atoms with Gasteiger partial charge in [-0.1, -0.05) is 49.0 Å². The predicted octanol–water partition coefficient (Wildman–Crippen LogP) is 1.95. The summed E-state index contributed by atoms with van der Waals surface area (Å²) in [5.41, 5.74) is 1.58. The summed E-state index contributed by atoms with van der Waals surface area (Å²) in [6, 6.07) is 15.4. The van der Waals surface area contributed by atoms with Gasteiger partial charge in [0, 0.05) is 29.8 Å². The van der Waals surface area contributed by atoms with Crippen molar-refractivity contribution in [2.24, 2.45) is 0 Å². The Bertz CT molecular complexity index is 737. The Morgan fingerprint density at radius 1 is 0.792 bits per heavy atom. The van der Waals surface area contributed by atoms with E-state index in [1.807, 2.05) is 6.07 Å². The van der Waals surface area contributed by atoms with Gasteiger partial charge in [-0.2, -0.15) is 0 Å². The van der Waals surface area contributed by atoms with Crippen molar-refractivity contribution in [1.29, 1.82) is 0 Å². The number of carbonyl (C=O) groups is 3. The molecule has 2 rings (SSSR count). The molecule has 2 aromatic carbocycles. The number of amides is 2. The predicted molar refractivity (Wildman–Crippen MR) is 91.9 cm³/mol. The van der Waals surface area contributed by atoms with Gasteiger partial charge in [0.1, 0.15) is 0 Å². The molecule has 0 fully saturated rings. The lowest BCUT2D eigenvalue weighted by Gasteiger charge is -2.07. The first kappa shape index (κ1) is 17.1. The second kappa shape index (κ2) is 8.43. The van der Waals surface area contributed by atoms with E-state index in [0.29, 0.717) is 29.8 Å². The van der Waals surface area contributed by atoms with Crippen LogP contribution in [0.1, 0.15) is 26.3 Å². The fourth-order valence-corrected chi connectivity index (χ4v) is 2.07. The zero-order chi connectivity index (χ0) is 17.4. The van der Waals surface area contributed by atoms with Gasteiger partial charge in [0.2, 0.25) is 5.91 Å². The molecule has 0 radical (unpaired) electrons. The second-order valence-corrected chi connectivity index (χ2v) is 5.02. The average Bonchev–Trinajstić information content (AvgIpc) is 2.65. The molecule has 0 aromatic heterocycles. The van der Waals surface area contributed by atoms with E-state index >= 15 is 0 Å². The molecule has 2 aromatic rings. The number of ketones is 1. The van der Waals surface area contributed by atoms with Crippen LogP contribution in [0.25, 0.3) is 0 Å². The molecule has 0 unspecified atom stereocenters. The third kappa shape index (κ3) is 4.64. The Kier molecular flexibility index (Phi) is 6.02. The van der Waals surface area contributed by atoms with Gasteiger partial charge in [0.25, 0.3) is 5.91 Å². The van der Waals surface area contributed by atoms with Crippen LogP contribution in [0.4, 0.5) is 0 Å². The zero-order valence-electron chi connectivity index (χ0n) is 13.1. The van der Waals surface area contributed by atoms with Crippen molar-refractivity contribution in [3.8, 4) is 0 Å². The molecule has 0 aliphatic carbocycles. The highest BCUT2D eigenvalue weighted by atomic mass is 16.2. The Hall–Kier alpha value is -3.21. The van der Waals surface area contributed by atoms with Gasteiger partial charge >= 0.3 is 0 Å². The van der Waals surface area contributed by atoms with Crippen LogP contribution in [0.15, 0.2) is 67.3 Å². The van der Waals surface area contributed by atoms with E-state index < -0.39 is 0 Å². The molecule has 0 saturated heterocycles. The van der Waals surface area contributed by atoms with Gasteiger partial charge in [-0.15, -0.1) is 0 Å². The minimum Gasteiger partial charge on any atom is -0.351 e. The van der Waals surface area contributed by atoms with Gasteiger partial charge in [-0.25, -0.2) is 0 Å². The van der Waals surface area contributed by atoms with Gasteiger partial charge < -0.3 is 10.6 Å². The summed E-state index contributed by atoms with van der Waals surface area (Å²) in [5.74, 6) is -0.635. The van der Waals surface area contributed by atoms with Crippen molar-refractivity contribution in [3.05, 3.63) is 83.9 Å². The van der Waals surface area contributed by atoms with E-state index in [4.69, 9.17) is 0 Å². The summed E-state index contributed by atoms with van der Waals surface area (Å²) in [7, 11) is 0. The number of carbonyl (C=O) groups excluding carboxylic acids is 3. The van der Waals surface area contributed by atoms with E-state index in [-0.39, 0.29) is 17.6 Å². The summed E-state index contributed by atoms with van der Waals surface area (Å²) >= 11 is 0. The van der Waals surface area contributed by atoms with Crippen LogP contribution in [-0.4, -0.2) is 30.7 Å². The Morgan fingerprint density at radius 3 is 1.96 bits per heavy atom. The molecule has 0 bridgehead atoms. The summed E-state index contributed by atoms with van der Waals surface area (Å²) in [4.78, 5) is 35.2. The van der Waals surface area contributed by atoms with Gasteiger partial charge in [-0.05, 0) is 18.2 Å². The van der Waals surface area contributed by atoms with Gasteiger partial charge in [0.15, 0.2) is 5.78 Å². The molecule has 0 aliphatic rings. The van der Waals surface area contributed by atoms with Crippen LogP contribution in [0.5, 0.6) is 0 Å². The van der Waals surface area contributed by atoms with Crippen molar-refractivity contribution >= 4 is 17.6 Å². The first-order valence-electron chi connectivity index (χ1n) is 7.50. The first-order valence-corrected chi connectivity index (χ1v) is 7.50. The highest BCUT2D eigenvalue weighted by Crippen LogP contribution is 2.11. The summed E-state index contributed by atoms with van der Waals surface area (Å²) in [6.45, 7) is 3.97. The van der Waals surface area contributed by atoms with Crippen LogP contribution in [0.3, 0.4) is 0 Å². The van der Waals surface area contributed by atoms with E-state index in [0.717, 1.165) is 0 Å². The van der Waals surface area contributed by atoms with E-state index in [1.54, 1.807) is 48.5 Å². The van der Waals surface area contributed by atoms with Crippen molar-refractivity contribution in [2.45, 2.75) is 0 Å². The molecular weight excluding hydrogens is 304 g/mol. The average molecular weight is 322 g/mol. The lowest BCUT2D eigenvalue weighted by atomic mass is 10.0. The highest BCUT2D eigenvalue weighted by Gasteiger charge is 2.10. The third-order valence-corrected chi connectivity index (χ3v) is 3.34. The number of benzene rings is 2. The smallest absolute Gasteiger partial charge is 0.251 e. The molecule has 0 heterocycles. The number of hydrogen-bond acceptors (Lipinski definition) is 3. The fraction of sp³-hybridized carbons (Fsp3) is 0.105. The van der Waals surface area contributed by atoms with E-state index in [2.05, 4.69) is 17.2 Å². The topological polar surface area (TPSA) is 75.3 Å². The zero-order valence-corrected chi connectivity index (χ0v) is 13.1. The second-order valence-electron chi connectivity index (χ2n) is 5.02. The van der Waals surface area contributed by atoms with Gasteiger partial charge in [-0.3, -0.25) is 14.4 Å². The number of rotatable bonds is 7. The molecule has 5 nitrogen and oxygen atoms in total. The molecule has 2 amide bonds. The van der Waals surface area contributed by atoms with E-state index in [9.17, 15) is 14.4 Å². The van der Waals surface area contributed by atoms with Crippen LogP contribution in [-0.2, 0) is 4.79 Å². The number of hydrogen-bond donors (Lipinski definition) is 2. The number of nitrogens with one attached hydrogen (secondary N) is 2. The van der Waals surface area contributed by atoms with Crippen molar-refractivity contribution in [1.82, 2.24) is 10.6 Å². The maximum Gasteiger partial charge on any atom is 0.251 e. The normalized spacial score (nSPS) is 9.83. The van der Waals surface area contributed by atoms with Crippen molar-refractivity contribution < 1.29 is 14.4 Å². The Morgan fingerprint density at radius 2 is 1.33 bits per heavy atom. The summed E-state index contributed by atoms with van der Waals surface area (Å²) < 4.78 is 0. The van der Waals surface area contributed by atoms with Gasteiger partial charge in [0.05, 0.1) is 0 Å². The lowest BCUT2D eigenvalue weighted by molar-refractivity contribution is -0.116. The molecular formula is C19H18N2O3. The monoisotopic (exact) mass is 322 g/mol. The molecule has 0 saturated carbocycles. The Labute approximate surface area is 140 Å². The minimum absolute atomic E-state index is 0.0882. The molecule has 0 atom stereocenters. The SMILES string of the molecule is C=CC(=O)NCCNC(=O)c1ccc(C(=O)c2ccccc2)cc1. The van der Waals surface area contributed by atoms with Crippen LogP contribution < -0.4 is 10.6 Å². The lowest BCUT2D eigenvalue weighted by Crippen LogP contribution is -2.33. The Balaban J connectivity index is 1.91. The summed E-state index contributed by atoms with van der Waals surface area (Å²) in [6.07, 6.45) is 1.17. The third-order valence-electron chi connectivity index (χ3n) is 3.34. The maximum absolute atomic E-state index is 12.3. The fourth-order valence-electron chi connectivity index (χ4n) is 2.07. The molecule has 0 spiro atoms. The minimum atomic E-state index is -0.284. The maximum atomic E-state index is 12.3. The van der Waals surface area contributed by atoms with Crippen molar-refractivity contribution in [3.63, 3.8) is 0 Å².